The molecule has 0 N–H and O–H groups in total. The Morgan fingerprint density at radius 2 is 1.62 bits per heavy atom. The highest BCUT2D eigenvalue weighted by Crippen LogP contribution is 2.52. The number of rotatable bonds is 2. The van der Waals surface area contributed by atoms with Crippen LogP contribution in [0.15, 0.2) is 42.5 Å². The first-order valence-electron chi connectivity index (χ1n) is 8.45. The standard InChI is InChI=1S/C20H20F2O2/c1-3-16-18(12-7-4-5-9-14(12)21)20-19(24-16)13-8-6-10-15(22)17(13)11(2)23-20/h4-11,16,18-20H,3H2,1-2H3/t11-,16+,18-,19?,20?/m0/s1. The van der Waals surface area contributed by atoms with E-state index in [4.69, 9.17) is 9.47 Å². The third-order valence-corrected chi connectivity index (χ3v) is 5.20. The molecule has 2 nitrogen and oxygen atoms in total. The second-order valence-corrected chi connectivity index (χ2v) is 6.54. The average molecular weight is 330 g/mol. The summed E-state index contributed by atoms with van der Waals surface area (Å²) < 4.78 is 41.0. The summed E-state index contributed by atoms with van der Waals surface area (Å²) >= 11 is 0. The Hall–Kier alpha value is -1.78. The molecule has 0 saturated carbocycles. The monoisotopic (exact) mass is 330 g/mol. The summed E-state index contributed by atoms with van der Waals surface area (Å²) in [5.41, 5.74) is 2.00. The first-order valence-corrected chi connectivity index (χ1v) is 8.45. The molecule has 0 bridgehead atoms. The molecule has 24 heavy (non-hydrogen) atoms. The SMILES string of the molecule is CC[C@H]1OC2c3cccc(F)c3[C@H](C)OC2[C@H]1c1ccccc1F. The van der Waals surface area contributed by atoms with Crippen LogP contribution in [0.5, 0.6) is 0 Å². The summed E-state index contributed by atoms with van der Waals surface area (Å²) in [6, 6.07) is 11.8. The van der Waals surface area contributed by atoms with Crippen LogP contribution in [0, 0.1) is 11.6 Å². The van der Waals surface area contributed by atoms with Crippen LogP contribution in [0.25, 0.3) is 0 Å². The highest BCUT2D eigenvalue weighted by atomic mass is 19.1. The van der Waals surface area contributed by atoms with Crippen LogP contribution in [0.4, 0.5) is 8.78 Å². The number of hydrogen-bond acceptors (Lipinski definition) is 2. The Kier molecular flexibility index (Phi) is 3.89. The second-order valence-electron chi connectivity index (χ2n) is 6.54. The van der Waals surface area contributed by atoms with Crippen LogP contribution in [-0.4, -0.2) is 12.2 Å². The summed E-state index contributed by atoms with van der Waals surface area (Å²) in [5.74, 6) is -0.712. The van der Waals surface area contributed by atoms with Gasteiger partial charge in [0.25, 0.3) is 0 Å². The van der Waals surface area contributed by atoms with E-state index in [0.717, 1.165) is 12.0 Å². The molecule has 2 heterocycles. The lowest BCUT2D eigenvalue weighted by molar-refractivity contribution is -0.0746. The van der Waals surface area contributed by atoms with Gasteiger partial charge in [-0.3, -0.25) is 0 Å². The fraction of sp³-hybridized carbons (Fsp3) is 0.400. The fourth-order valence-corrected chi connectivity index (χ4v) is 4.16. The molecular weight excluding hydrogens is 310 g/mol. The third kappa shape index (κ3) is 2.28. The largest absolute Gasteiger partial charge is 0.367 e. The third-order valence-electron chi connectivity index (χ3n) is 5.20. The number of hydrogen-bond donors (Lipinski definition) is 0. The lowest BCUT2D eigenvalue weighted by atomic mass is 9.82. The van der Waals surface area contributed by atoms with E-state index in [9.17, 15) is 8.78 Å². The molecule has 0 spiro atoms. The van der Waals surface area contributed by atoms with Crippen molar-refractivity contribution in [3.63, 3.8) is 0 Å². The minimum Gasteiger partial charge on any atom is -0.367 e. The van der Waals surface area contributed by atoms with Gasteiger partial charge in [0.05, 0.1) is 18.3 Å². The molecule has 0 aromatic heterocycles. The molecule has 4 rings (SSSR count). The maximum Gasteiger partial charge on any atom is 0.129 e. The zero-order valence-electron chi connectivity index (χ0n) is 13.7. The van der Waals surface area contributed by atoms with Crippen LogP contribution in [0.3, 0.4) is 0 Å². The van der Waals surface area contributed by atoms with Crippen LogP contribution in [-0.2, 0) is 9.47 Å². The van der Waals surface area contributed by atoms with E-state index in [1.54, 1.807) is 18.2 Å². The van der Waals surface area contributed by atoms with Gasteiger partial charge in [-0.2, -0.15) is 0 Å². The zero-order valence-corrected chi connectivity index (χ0v) is 13.7. The first kappa shape index (κ1) is 15.7. The van der Waals surface area contributed by atoms with E-state index >= 15 is 0 Å². The summed E-state index contributed by atoms with van der Waals surface area (Å²) in [6.45, 7) is 3.86. The van der Waals surface area contributed by atoms with Crippen LogP contribution in [0.2, 0.25) is 0 Å². The van der Waals surface area contributed by atoms with Crippen LogP contribution >= 0.6 is 0 Å². The van der Waals surface area contributed by atoms with Crippen molar-refractivity contribution in [3.8, 4) is 0 Å². The quantitative estimate of drug-likeness (QED) is 0.766. The van der Waals surface area contributed by atoms with Gasteiger partial charge < -0.3 is 9.47 Å². The number of ether oxygens (including phenoxy) is 2. The molecule has 0 amide bonds. The lowest BCUT2D eigenvalue weighted by Crippen LogP contribution is -2.32. The van der Waals surface area contributed by atoms with Crippen LogP contribution < -0.4 is 0 Å². The predicted octanol–water partition coefficient (Wildman–Crippen LogP) is 5.06. The smallest absolute Gasteiger partial charge is 0.129 e. The van der Waals surface area contributed by atoms with Crippen molar-refractivity contribution >= 4 is 0 Å². The van der Waals surface area contributed by atoms with E-state index in [0.29, 0.717) is 11.1 Å². The second kappa shape index (κ2) is 5.94. The molecule has 1 saturated heterocycles. The van der Waals surface area contributed by atoms with Crippen molar-refractivity contribution in [1.82, 2.24) is 0 Å². The molecular formula is C20H20F2O2. The number of halogens is 2. The molecule has 2 unspecified atom stereocenters. The summed E-state index contributed by atoms with van der Waals surface area (Å²) in [4.78, 5) is 0. The minimum absolute atomic E-state index is 0.154. The van der Waals surface area contributed by atoms with Gasteiger partial charge in [-0.15, -0.1) is 0 Å². The molecule has 0 aliphatic carbocycles. The van der Waals surface area contributed by atoms with Crippen molar-refractivity contribution in [2.24, 2.45) is 0 Å². The van der Waals surface area contributed by atoms with Crippen molar-refractivity contribution in [3.05, 3.63) is 70.8 Å². The van der Waals surface area contributed by atoms with Gasteiger partial charge in [-0.25, -0.2) is 8.78 Å². The van der Waals surface area contributed by atoms with Crippen molar-refractivity contribution in [2.75, 3.05) is 0 Å². The molecule has 2 aliphatic rings. The Balaban J connectivity index is 1.81. The van der Waals surface area contributed by atoms with E-state index in [-0.39, 0.29) is 42.0 Å². The highest BCUT2D eigenvalue weighted by molar-refractivity contribution is 5.38. The Morgan fingerprint density at radius 1 is 0.917 bits per heavy atom. The number of benzene rings is 2. The summed E-state index contributed by atoms with van der Waals surface area (Å²) in [5, 5.41) is 0. The normalized spacial score (nSPS) is 31.6. The highest BCUT2D eigenvalue weighted by Gasteiger charge is 2.50. The van der Waals surface area contributed by atoms with Gasteiger partial charge in [0, 0.05) is 11.5 Å². The van der Waals surface area contributed by atoms with Crippen molar-refractivity contribution in [2.45, 2.75) is 50.6 Å². The average Bonchev–Trinajstić information content (AvgIpc) is 2.94. The van der Waals surface area contributed by atoms with Crippen LogP contribution in [0.1, 0.15) is 55.1 Å². The van der Waals surface area contributed by atoms with Gasteiger partial charge in [0.15, 0.2) is 0 Å². The Labute approximate surface area is 140 Å². The van der Waals surface area contributed by atoms with Gasteiger partial charge in [0.1, 0.15) is 17.7 Å². The molecule has 126 valence electrons. The molecule has 2 aromatic rings. The first-order chi connectivity index (χ1) is 11.6. The number of fused-ring (bicyclic) bond motifs is 3. The maximum absolute atomic E-state index is 14.4. The topological polar surface area (TPSA) is 18.5 Å². The maximum atomic E-state index is 14.4. The van der Waals surface area contributed by atoms with E-state index in [2.05, 4.69) is 0 Å². The van der Waals surface area contributed by atoms with E-state index < -0.39 is 0 Å². The van der Waals surface area contributed by atoms with Gasteiger partial charge in [-0.1, -0.05) is 37.3 Å². The van der Waals surface area contributed by atoms with Gasteiger partial charge in [0.2, 0.25) is 0 Å². The Bertz CT molecular complexity index is 761. The van der Waals surface area contributed by atoms with Crippen molar-refractivity contribution in [1.29, 1.82) is 0 Å². The molecule has 0 radical (unpaired) electrons. The van der Waals surface area contributed by atoms with Gasteiger partial charge >= 0.3 is 0 Å². The predicted molar refractivity (Wildman–Crippen MR) is 86.7 cm³/mol. The molecule has 2 aromatic carbocycles. The zero-order chi connectivity index (χ0) is 16.8. The summed E-state index contributed by atoms with van der Waals surface area (Å²) in [7, 11) is 0. The molecule has 5 atom stereocenters. The van der Waals surface area contributed by atoms with E-state index in [1.807, 2.05) is 26.0 Å². The molecule has 1 fully saturated rings. The molecule has 2 aliphatic heterocycles. The Morgan fingerprint density at radius 3 is 2.38 bits per heavy atom. The molecule has 4 heteroatoms. The van der Waals surface area contributed by atoms with Gasteiger partial charge in [-0.05, 0) is 36.6 Å². The minimum atomic E-state index is -0.379. The fourth-order valence-electron chi connectivity index (χ4n) is 4.16. The summed E-state index contributed by atoms with van der Waals surface area (Å²) in [6.07, 6.45) is -0.458. The van der Waals surface area contributed by atoms with E-state index in [1.165, 1.54) is 12.1 Å². The van der Waals surface area contributed by atoms with Crippen molar-refractivity contribution < 1.29 is 18.3 Å². The lowest BCUT2D eigenvalue weighted by Gasteiger charge is -2.34.